The molecule has 0 amide bonds. The first-order valence-corrected chi connectivity index (χ1v) is 12.1. The number of carbonyl (C=O) groups is 2. The van der Waals surface area contributed by atoms with Crippen molar-refractivity contribution >= 4 is 32.7 Å². The molecule has 4 rings (SSSR count). The van der Waals surface area contributed by atoms with Crippen molar-refractivity contribution in [3.63, 3.8) is 0 Å². The third-order valence-corrected chi connectivity index (χ3v) is 7.86. The standard InChI is InChI=1S/C17H24N4O3S.2C2H4O2/c1-20(2)16-10-25(22,23)17-9-21(7-13(16)17)8-15-12-6-11(24-3)4-5-14(12)18-19-15;2*1-2(3)4/h4-6,13,16-17H,7-10H2,1-3H3,(H,18,19);2*1H3,(H,3,4)/t13-,16+,17-;;/m0../s1. The number of fused-ring (bicyclic) bond motifs is 2. The summed E-state index contributed by atoms with van der Waals surface area (Å²) in [5.74, 6) is -0.403. The summed E-state index contributed by atoms with van der Waals surface area (Å²) in [5, 5.41) is 23.1. The molecule has 1 aromatic heterocycles. The second-order valence-electron chi connectivity index (χ2n) is 8.38. The molecule has 2 fully saturated rings. The molecule has 2 aromatic rings. The van der Waals surface area contributed by atoms with Crippen molar-refractivity contribution < 1.29 is 33.0 Å². The van der Waals surface area contributed by atoms with Crippen LogP contribution in [0.15, 0.2) is 18.2 Å². The molecule has 11 nitrogen and oxygen atoms in total. The number of methoxy groups -OCH3 is 1. The van der Waals surface area contributed by atoms with Crippen molar-refractivity contribution in [3.8, 4) is 5.75 Å². The summed E-state index contributed by atoms with van der Waals surface area (Å²) in [5.41, 5.74) is 1.90. The van der Waals surface area contributed by atoms with Gasteiger partial charge in [-0.05, 0) is 32.3 Å². The Morgan fingerprint density at radius 1 is 1.21 bits per heavy atom. The highest BCUT2D eigenvalue weighted by Crippen LogP contribution is 2.36. The summed E-state index contributed by atoms with van der Waals surface area (Å²) in [4.78, 5) is 22.3. The predicted octanol–water partition coefficient (Wildman–Crippen LogP) is 0.912. The summed E-state index contributed by atoms with van der Waals surface area (Å²) in [6, 6.07) is 5.91. The average Bonchev–Trinajstić information content (AvgIpc) is 3.35. The van der Waals surface area contributed by atoms with E-state index in [1.807, 2.05) is 32.3 Å². The first kappa shape index (κ1) is 26.6. The first-order chi connectivity index (χ1) is 15.4. The molecule has 1 aromatic carbocycles. The molecule has 3 N–H and O–H groups in total. The van der Waals surface area contributed by atoms with Crippen molar-refractivity contribution in [2.24, 2.45) is 5.92 Å². The van der Waals surface area contributed by atoms with E-state index >= 15 is 0 Å². The lowest BCUT2D eigenvalue weighted by Crippen LogP contribution is -2.37. The summed E-state index contributed by atoms with van der Waals surface area (Å²) in [6.45, 7) is 4.24. The molecular formula is C21H32N4O7S. The van der Waals surface area contributed by atoms with Crippen molar-refractivity contribution in [1.29, 1.82) is 0 Å². The molecule has 0 spiro atoms. The van der Waals surface area contributed by atoms with Gasteiger partial charge in [0.15, 0.2) is 9.84 Å². The van der Waals surface area contributed by atoms with Gasteiger partial charge in [-0.2, -0.15) is 5.10 Å². The van der Waals surface area contributed by atoms with Crippen LogP contribution in [0.3, 0.4) is 0 Å². The van der Waals surface area contributed by atoms with Gasteiger partial charge in [0.2, 0.25) is 0 Å². The molecule has 0 saturated carbocycles. The molecule has 184 valence electrons. The summed E-state index contributed by atoms with van der Waals surface area (Å²) >= 11 is 0. The normalized spacial score (nSPS) is 23.3. The van der Waals surface area contributed by atoms with Crippen LogP contribution in [0.4, 0.5) is 0 Å². The highest BCUT2D eigenvalue weighted by molar-refractivity contribution is 7.92. The minimum atomic E-state index is -3.01. The number of carboxylic acid groups (broad SMARTS) is 2. The molecule has 0 bridgehead atoms. The fourth-order valence-corrected chi connectivity index (χ4v) is 6.80. The third kappa shape index (κ3) is 6.89. The molecule has 33 heavy (non-hydrogen) atoms. The Hall–Kier alpha value is -2.70. The molecule has 3 heterocycles. The zero-order chi connectivity index (χ0) is 24.9. The van der Waals surface area contributed by atoms with E-state index < -0.39 is 21.8 Å². The van der Waals surface area contributed by atoms with Crippen LogP contribution in [0.1, 0.15) is 19.5 Å². The molecule has 2 aliphatic rings. The van der Waals surface area contributed by atoms with E-state index in [0.29, 0.717) is 13.1 Å². The zero-order valence-corrected chi connectivity index (χ0v) is 20.3. The van der Waals surface area contributed by atoms with Gasteiger partial charge in [0.1, 0.15) is 5.75 Å². The number of aromatic amines is 1. The fraction of sp³-hybridized carbons (Fsp3) is 0.571. The first-order valence-electron chi connectivity index (χ1n) is 10.4. The Balaban J connectivity index is 0.000000420. The van der Waals surface area contributed by atoms with Gasteiger partial charge in [-0.25, -0.2) is 8.42 Å². The van der Waals surface area contributed by atoms with Gasteiger partial charge in [0, 0.05) is 50.8 Å². The van der Waals surface area contributed by atoms with Crippen molar-refractivity contribution in [2.45, 2.75) is 31.7 Å². The van der Waals surface area contributed by atoms with Crippen LogP contribution in [0.2, 0.25) is 0 Å². The summed E-state index contributed by atoms with van der Waals surface area (Å²) < 4.78 is 30.3. The van der Waals surface area contributed by atoms with E-state index in [1.54, 1.807) is 7.11 Å². The Labute approximate surface area is 193 Å². The number of rotatable bonds is 4. The number of ether oxygens (including phenoxy) is 1. The number of benzene rings is 1. The second-order valence-corrected chi connectivity index (χ2v) is 10.6. The number of likely N-dealkylation sites (tertiary alicyclic amines) is 1. The Bertz CT molecular complexity index is 1060. The number of carboxylic acids is 2. The molecule has 2 saturated heterocycles. The van der Waals surface area contributed by atoms with Gasteiger partial charge in [-0.15, -0.1) is 0 Å². The number of sulfone groups is 1. The van der Waals surface area contributed by atoms with E-state index in [9.17, 15) is 8.42 Å². The minimum Gasteiger partial charge on any atom is -0.497 e. The topological polar surface area (TPSA) is 153 Å². The van der Waals surface area contributed by atoms with Crippen LogP contribution in [0, 0.1) is 5.92 Å². The van der Waals surface area contributed by atoms with Gasteiger partial charge in [-0.3, -0.25) is 19.6 Å². The lowest BCUT2D eigenvalue weighted by molar-refractivity contribution is -0.135. The van der Waals surface area contributed by atoms with Crippen LogP contribution >= 0.6 is 0 Å². The highest BCUT2D eigenvalue weighted by Gasteiger charge is 2.52. The minimum absolute atomic E-state index is 0.110. The molecule has 0 unspecified atom stereocenters. The van der Waals surface area contributed by atoms with Crippen molar-refractivity contribution in [3.05, 3.63) is 23.9 Å². The number of aromatic nitrogens is 2. The lowest BCUT2D eigenvalue weighted by Gasteiger charge is -2.24. The van der Waals surface area contributed by atoms with E-state index in [0.717, 1.165) is 42.7 Å². The van der Waals surface area contributed by atoms with Gasteiger partial charge < -0.3 is 19.8 Å². The smallest absolute Gasteiger partial charge is 0.300 e. The van der Waals surface area contributed by atoms with Crippen LogP contribution < -0.4 is 4.74 Å². The quantitative estimate of drug-likeness (QED) is 0.571. The molecule has 12 heteroatoms. The number of nitrogens with one attached hydrogen (secondary N) is 1. The SMILES string of the molecule is CC(=O)O.CC(=O)O.COc1ccc2n[nH]c(CN3C[C@H]4[C@H](N(C)C)CS(=O)(=O)[C@H]4C3)c2c1. The second kappa shape index (κ2) is 10.9. The predicted molar refractivity (Wildman–Crippen MR) is 123 cm³/mol. The highest BCUT2D eigenvalue weighted by atomic mass is 32.2. The number of aliphatic carboxylic acids is 2. The lowest BCUT2D eigenvalue weighted by atomic mass is 10.00. The number of hydrogen-bond donors (Lipinski definition) is 3. The molecule has 0 radical (unpaired) electrons. The number of H-pyrrole nitrogens is 1. The number of nitrogens with zero attached hydrogens (tertiary/aromatic N) is 3. The van der Waals surface area contributed by atoms with Crippen LogP contribution in [-0.4, -0.2) is 102 Å². The van der Waals surface area contributed by atoms with Gasteiger partial charge in [0.25, 0.3) is 11.9 Å². The maximum Gasteiger partial charge on any atom is 0.300 e. The van der Waals surface area contributed by atoms with Crippen LogP contribution in [0.5, 0.6) is 5.75 Å². The maximum atomic E-state index is 12.5. The third-order valence-electron chi connectivity index (χ3n) is 5.63. The molecule has 0 aliphatic carbocycles. The van der Waals surface area contributed by atoms with E-state index in [-0.39, 0.29) is 23.0 Å². The summed E-state index contributed by atoms with van der Waals surface area (Å²) in [7, 11) is 2.58. The number of hydrogen-bond acceptors (Lipinski definition) is 8. The van der Waals surface area contributed by atoms with Crippen molar-refractivity contribution in [1.82, 2.24) is 20.0 Å². The van der Waals surface area contributed by atoms with Gasteiger partial charge in [0.05, 0.1) is 29.3 Å². The molecule has 2 aliphatic heterocycles. The van der Waals surface area contributed by atoms with E-state index in [2.05, 4.69) is 20.0 Å². The Kier molecular flexibility index (Phi) is 8.81. The van der Waals surface area contributed by atoms with Crippen molar-refractivity contribution in [2.75, 3.05) is 40.0 Å². The fourth-order valence-electron chi connectivity index (χ4n) is 4.29. The van der Waals surface area contributed by atoms with Crippen LogP contribution in [0.25, 0.3) is 10.9 Å². The van der Waals surface area contributed by atoms with E-state index in [1.165, 1.54) is 0 Å². The largest absolute Gasteiger partial charge is 0.497 e. The molecular weight excluding hydrogens is 452 g/mol. The van der Waals surface area contributed by atoms with Gasteiger partial charge >= 0.3 is 0 Å². The molecule has 3 atom stereocenters. The Morgan fingerprint density at radius 3 is 2.36 bits per heavy atom. The zero-order valence-electron chi connectivity index (χ0n) is 19.5. The van der Waals surface area contributed by atoms with Crippen LogP contribution in [-0.2, 0) is 26.0 Å². The Morgan fingerprint density at radius 2 is 1.82 bits per heavy atom. The van der Waals surface area contributed by atoms with E-state index in [4.69, 9.17) is 24.5 Å². The van der Waals surface area contributed by atoms with Gasteiger partial charge in [-0.1, -0.05) is 0 Å². The summed E-state index contributed by atoms with van der Waals surface area (Å²) in [6.07, 6.45) is 0. The average molecular weight is 485 g/mol. The maximum absolute atomic E-state index is 12.5. The monoisotopic (exact) mass is 484 g/mol.